The lowest BCUT2D eigenvalue weighted by atomic mass is 9.99. The number of hydrogen-bond acceptors (Lipinski definition) is 6. The van der Waals surface area contributed by atoms with Crippen molar-refractivity contribution in [2.75, 3.05) is 13.2 Å². The Hall–Kier alpha value is -2.94. The number of carbonyl (C=O) groups excluding carboxylic acids is 4. The molecule has 0 aromatic heterocycles. The molecule has 9 heteroatoms. The van der Waals surface area contributed by atoms with Crippen molar-refractivity contribution in [2.45, 2.75) is 76.6 Å². The Morgan fingerprint density at radius 3 is 2.26 bits per heavy atom. The predicted octanol–water partition coefficient (Wildman–Crippen LogP) is 1.88. The average Bonchev–Trinajstić information content (AvgIpc) is 3.62. The zero-order valence-corrected chi connectivity index (χ0v) is 19.9. The van der Waals surface area contributed by atoms with Gasteiger partial charge in [0.15, 0.2) is 0 Å². The van der Waals surface area contributed by atoms with Crippen molar-refractivity contribution in [2.24, 2.45) is 5.92 Å². The molecule has 1 aromatic rings. The van der Waals surface area contributed by atoms with Crippen LogP contribution in [-0.4, -0.2) is 61.1 Å². The summed E-state index contributed by atoms with van der Waals surface area (Å²) in [5, 5.41) is 8.06. The summed E-state index contributed by atoms with van der Waals surface area (Å²) in [5.41, 5.74) is 0.813. The Labute approximate surface area is 200 Å². The van der Waals surface area contributed by atoms with E-state index in [0.717, 1.165) is 18.4 Å². The number of alkyl carbamates (subject to hydrolysis) is 1. The maximum Gasteiger partial charge on any atom is 0.408 e. The molecule has 3 rings (SSSR count). The normalized spacial score (nSPS) is 18.0. The second-order valence-electron chi connectivity index (χ2n) is 9.41. The van der Waals surface area contributed by atoms with E-state index >= 15 is 0 Å². The fourth-order valence-corrected chi connectivity index (χ4v) is 3.80. The van der Waals surface area contributed by atoms with E-state index in [4.69, 9.17) is 9.47 Å². The minimum Gasteiger partial charge on any atom is -0.446 e. The fourth-order valence-electron chi connectivity index (χ4n) is 3.80. The van der Waals surface area contributed by atoms with Crippen LogP contribution in [0.5, 0.6) is 0 Å². The summed E-state index contributed by atoms with van der Waals surface area (Å²) in [4.78, 5) is 51.0. The Kier molecular flexibility index (Phi) is 9.44. The van der Waals surface area contributed by atoms with E-state index in [1.807, 2.05) is 44.2 Å². The van der Waals surface area contributed by atoms with Gasteiger partial charge in [0, 0.05) is 25.3 Å². The Morgan fingerprint density at radius 1 is 0.971 bits per heavy atom. The van der Waals surface area contributed by atoms with Crippen LogP contribution in [0.4, 0.5) is 4.79 Å². The smallest absolute Gasteiger partial charge is 0.408 e. The van der Waals surface area contributed by atoms with E-state index in [1.54, 1.807) is 0 Å². The number of benzene rings is 1. The van der Waals surface area contributed by atoms with Gasteiger partial charge >= 0.3 is 6.09 Å². The molecule has 186 valence electrons. The second-order valence-corrected chi connectivity index (χ2v) is 9.41. The Bertz CT molecular complexity index is 849. The Morgan fingerprint density at radius 2 is 1.65 bits per heavy atom. The number of rotatable bonds is 11. The third kappa shape index (κ3) is 8.44. The highest BCUT2D eigenvalue weighted by Gasteiger charge is 2.34. The number of amides is 3. The molecule has 2 aliphatic rings. The monoisotopic (exact) mass is 473 g/mol. The van der Waals surface area contributed by atoms with Gasteiger partial charge in [-0.1, -0.05) is 44.2 Å². The molecule has 1 aromatic carbocycles. The van der Waals surface area contributed by atoms with Crippen molar-refractivity contribution in [3.05, 3.63) is 35.9 Å². The first-order valence-corrected chi connectivity index (χ1v) is 12.1. The molecule has 1 aliphatic carbocycles. The molecule has 34 heavy (non-hydrogen) atoms. The quantitative estimate of drug-likeness (QED) is 0.422. The molecule has 9 nitrogen and oxygen atoms in total. The molecule has 1 heterocycles. The topological polar surface area (TPSA) is 123 Å². The average molecular weight is 474 g/mol. The summed E-state index contributed by atoms with van der Waals surface area (Å²) in [6.07, 6.45) is 2.52. The third-order valence-electron chi connectivity index (χ3n) is 5.81. The molecular formula is C25H35N3O6. The van der Waals surface area contributed by atoms with E-state index in [9.17, 15) is 19.2 Å². The molecule has 0 bridgehead atoms. The zero-order valence-electron chi connectivity index (χ0n) is 19.9. The van der Waals surface area contributed by atoms with Gasteiger partial charge in [-0.2, -0.15) is 0 Å². The molecule has 3 amide bonds. The van der Waals surface area contributed by atoms with Gasteiger partial charge in [0.1, 0.15) is 18.2 Å². The summed E-state index contributed by atoms with van der Waals surface area (Å²) in [6, 6.07) is 7.27. The first-order valence-electron chi connectivity index (χ1n) is 12.1. The van der Waals surface area contributed by atoms with Gasteiger partial charge in [-0.25, -0.2) is 4.79 Å². The molecule has 0 spiro atoms. The van der Waals surface area contributed by atoms with E-state index in [-0.39, 0.29) is 24.5 Å². The van der Waals surface area contributed by atoms with Crippen LogP contribution in [0.1, 0.15) is 51.5 Å². The van der Waals surface area contributed by atoms with Crippen molar-refractivity contribution in [1.29, 1.82) is 0 Å². The van der Waals surface area contributed by atoms with Crippen LogP contribution in [-0.2, 0) is 30.3 Å². The van der Waals surface area contributed by atoms with Crippen molar-refractivity contribution in [1.82, 2.24) is 16.0 Å². The lowest BCUT2D eigenvalue weighted by molar-refractivity contribution is -0.140. The highest BCUT2D eigenvalue weighted by Crippen LogP contribution is 2.19. The molecule has 0 radical (unpaired) electrons. The molecule has 3 N–H and O–H groups in total. The molecule has 1 aliphatic heterocycles. The van der Waals surface area contributed by atoms with Gasteiger partial charge in [0.2, 0.25) is 11.7 Å². The largest absolute Gasteiger partial charge is 0.446 e. The fraction of sp³-hybridized carbons (Fsp3) is 0.600. The van der Waals surface area contributed by atoms with Crippen LogP contribution in [0.2, 0.25) is 0 Å². The summed E-state index contributed by atoms with van der Waals surface area (Å²) >= 11 is 0. The Balaban J connectivity index is 1.67. The maximum atomic E-state index is 13.2. The molecule has 1 saturated heterocycles. The summed E-state index contributed by atoms with van der Waals surface area (Å²) in [5.74, 6) is -1.82. The molecule has 0 unspecified atom stereocenters. The minimum absolute atomic E-state index is 0.0276. The second kappa shape index (κ2) is 12.5. The maximum absolute atomic E-state index is 13.2. The lowest BCUT2D eigenvalue weighted by Gasteiger charge is -2.26. The van der Waals surface area contributed by atoms with Gasteiger partial charge in [-0.05, 0) is 30.7 Å². The van der Waals surface area contributed by atoms with Crippen molar-refractivity contribution >= 4 is 23.7 Å². The van der Waals surface area contributed by atoms with Crippen LogP contribution >= 0.6 is 0 Å². The molecule has 1 saturated carbocycles. The van der Waals surface area contributed by atoms with Crippen molar-refractivity contribution in [3.63, 3.8) is 0 Å². The van der Waals surface area contributed by atoms with Crippen LogP contribution in [0, 0.1) is 5.92 Å². The number of nitrogens with one attached hydrogen (secondary N) is 3. The SMILES string of the molecule is CC(C)C[C@H](NC(=O)OC1CCOCC1)C(=O)N[C@@H](Cc1ccccc1)C(=O)C(=O)NC1CC1. The van der Waals surface area contributed by atoms with Gasteiger partial charge in [0.05, 0.1) is 13.2 Å². The van der Waals surface area contributed by atoms with Crippen LogP contribution < -0.4 is 16.0 Å². The van der Waals surface area contributed by atoms with E-state index in [0.29, 0.717) is 32.5 Å². The molecular weight excluding hydrogens is 438 g/mol. The summed E-state index contributed by atoms with van der Waals surface area (Å²) in [7, 11) is 0. The number of ketones is 1. The lowest BCUT2D eigenvalue weighted by Crippen LogP contribution is -2.55. The highest BCUT2D eigenvalue weighted by molar-refractivity contribution is 6.38. The predicted molar refractivity (Wildman–Crippen MR) is 125 cm³/mol. The van der Waals surface area contributed by atoms with Crippen LogP contribution in [0.25, 0.3) is 0 Å². The molecule has 2 atom stereocenters. The van der Waals surface area contributed by atoms with Gasteiger partial charge in [0.25, 0.3) is 5.91 Å². The third-order valence-corrected chi connectivity index (χ3v) is 5.81. The standard InChI is InChI=1S/C25H35N3O6/c1-16(2)14-21(28-25(32)34-19-10-12-33-13-11-19)23(30)27-20(15-17-6-4-3-5-7-17)22(29)24(31)26-18-8-9-18/h3-7,16,18-21H,8-15H2,1-2H3,(H,26,31)(H,27,30)(H,28,32)/t20-,21-/m0/s1. The number of Topliss-reactive ketones (excluding diaryl/α,β-unsaturated/α-hetero) is 1. The zero-order chi connectivity index (χ0) is 24.5. The van der Waals surface area contributed by atoms with E-state index in [2.05, 4.69) is 16.0 Å². The van der Waals surface area contributed by atoms with Gasteiger partial charge in [-0.3, -0.25) is 14.4 Å². The van der Waals surface area contributed by atoms with E-state index < -0.39 is 35.8 Å². The number of carbonyl (C=O) groups is 4. The van der Waals surface area contributed by atoms with Gasteiger partial charge in [-0.15, -0.1) is 0 Å². The van der Waals surface area contributed by atoms with Gasteiger partial charge < -0.3 is 25.4 Å². The minimum atomic E-state index is -1.04. The first kappa shape index (κ1) is 25.7. The molecule has 2 fully saturated rings. The summed E-state index contributed by atoms with van der Waals surface area (Å²) in [6.45, 7) is 4.92. The highest BCUT2D eigenvalue weighted by atomic mass is 16.6. The van der Waals surface area contributed by atoms with E-state index in [1.165, 1.54) is 0 Å². The number of ether oxygens (including phenoxy) is 2. The first-order chi connectivity index (χ1) is 16.3. The summed E-state index contributed by atoms with van der Waals surface area (Å²) < 4.78 is 10.7. The van der Waals surface area contributed by atoms with Crippen LogP contribution in [0.3, 0.4) is 0 Å². The van der Waals surface area contributed by atoms with Crippen LogP contribution in [0.15, 0.2) is 30.3 Å². The van der Waals surface area contributed by atoms with Crippen molar-refractivity contribution in [3.8, 4) is 0 Å². The number of hydrogen-bond donors (Lipinski definition) is 3. The van der Waals surface area contributed by atoms with Crippen molar-refractivity contribution < 1.29 is 28.7 Å².